The molecule has 0 amide bonds. The average molecular weight is 243 g/mol. The molecule has 0 saturated heterocycles. The van der Waals surface area contributed by atoms with E-state index in [1.165, 1.54) is 11.9 Å². The molecule has 0 radical (unpaired) electrons. The van der Waals surface area contributed by atoms with E-state index < -0.39 is 0 Å². The van der Waals surface area contributed by atoms with E-state index in [1.54, 1.807) is 0 Å². The van der Waals surface area contributed by atoms with E-state index in [1.807, 2.05) is 56.3 Å². The molecule has 0 aromatic heterocycles. The highest BCUT2D eigenvalue weighted by molar-refractivity contribution is 7.98. The summed E-state index contributed by atoms with van der Waals surface area (Å²) in [5.74, 6) is 0.105. The van der Waals surface area contributed by atoms with Crippen LogP contribution in [0.1, 0.15) is 13.8 Å². The highest BCUT2D eigenvalue weighted by atomic mass is 32.2. The number of ketones is 1. The predicted octanol–water partition coefficient (Wildman–Crippen LogP) is 3.61. The quantitative estimate of drug-likeness (QED) is 0.586. The first-order valence-electron chi connectivity index (χ1n) is 5.38. The molecular formula is C14H13NOS. The summed E-state index contributed by atoms with van der Waals surface area (Å²) < 4.78 is 4.42. The van der Waals surface area contributed by atoms with Gasteiger partial charge in [0.1, 0.15) is 0 Å². The second-order valence-corrected chi connectivity index (χ2v) is 4.74. The maximum Gasteiger partial charge on any atom is 0.184 e. The Balaban J connectivity index is 2.16. The summed E-state index contributed by atoms with van der Waals surface area (Å²) in [7, 11) is 0. The third kappa shape index (κ3) is 2.94. The topological polar surface area (TPSA) is 29.4 Å². The molecule has 2 rings (SSSR count). The van der Waals surface area contributed by atoms with Crippen LogP contribution in [0, 0.1) is 0 Å². The fourth-order valence-corrected chi connectivity index (χ4v) is 2.16. The van der Waals surface area contributed by atoms with Crippen molar-refractivity contribution in [2.24, 2.45) is 4.40 Å². The lowest BCUT2D eigenvalue weighted by Crippen LogP contribution is -2.10. The Kier molecular flexibility index (Phi) is 3.59. The van der Waals surface area contributed by atoms with Crippen LogP contribution in [0.5, 0.6) is 0 Å². The van der Waals surface area contributed by atoms with Crippen LogP contribution in [0.25, 0.3) is 0 Å². The molecule has 86 valence electrons. The molecule has 3 heteroatoms. The number of hydrogen-bond acceptors (Lipinski definition) is 3. The van der Waals surface area contributed by atoms with Crippen LogP contribution in [0.3, 0.4) is 0 Å². The van der Waals surface area contributed by atoms with Gasteiger partial charge in [-0.15, -0.1) is 0 Å². The van der Waals surface area contributed by atoms with Crippen LogP contribution in [0.2, 0.25) is 0 Å². The molecular weight excluding hydrogens is 230 g/mol. The highest BCUT2D eigenvalue weighted by Crippen LogP contribution is 2.21. The van der Waals surface area contributed by atoms with Crippen molar-refractivity contribution in [1.82, 2.24) is 0 Å². The second kappa shape index (κ2) is 5.15. The van der Waals surface area contributed by atoms with Crippen LogP contribution in [-0.2, 0) is 4.79 Å². The first-order chi connectivity index (χ1) is 8.16. The molecule has 0 bridgehead atoms. The molecule has 0 fully saturated rings. The molecule has 17 heavy (non-hydrogen) atoms. The highest BCUT2D eigenvalue weighted by Gasteiger charge is 2.13. The molecule has 0 spiro atoms. The Morgan fingerprint density at radius 1 is 1.00 bits per heavy atom. The van der Waals surface area contributed by atoms with Crippen molar-refractivity contribution in [3.05, 3.63) is 53.6 Å². The molecule has 0 saturated carbocycles. The minimum absolute atomic E-state index is 0.105. The van der Waals surface area contributed by atoms with Gasteiger partial charge >= 0.3 is 0 Å². The summed E-state index contributed by atoms with van der Waals surface area (Å²) in [5.41, 5.74) is 2.34. The predicted molar refractivity (Wildman–Crippen MR) is 72.3 cm³/mol. The van der Waals surface area contributed by atoms with E-state index in [2.05, 4.69) is 4.40 Å². The van der Waals surface area contributed by atoms with E-state index in [0.717, 1.165) is 21.8 Å². The lowest BCUT2D eigenvalue weighted by molar-refractivity contribution is -0.112. The van der Waals surface area contributed by atoms with Crippen molar-refractivity contribution in [2.75, 3.05) is 0 Å². The molecule has 0 heterocycles. The first-order valence-corrected chi connectivity index (χ1v) is 6.15. The van der Waals surface area contributed by atoms with Gasteiger partial charge in [-0.3, -0.25) is 4.79 Å². The maximum absolute atomic E-state index is 11.5. The van der Waals surface area contributed by atoms with Gasteiger partial charge in [-0.05, 0) is 49.3 Å². The number of carbonyl (C=O) groups excluding carboxylic acids is 1. The maximum atomic E-state index is 11.5. The van der Waals surface area contributed by atoms with Crippen LogP contribution in [-0.4, -0.2) is 11.5 Å². The number of Topliss-reactive ketones (excluding diaryl/α,β-unsaturated/α-hetero) is 1. The number of carbonyl (C=O) groups is 1. The summed E-state index contributed by atoms with van der Waals surface area (Å²) >= 11 is 1.42. The van der Waals surface area contributed by atoms with Crippen LogP contribution in [0.4, 0.5) is 0 Å². The van der Waals surface area contributed by atoms with Gasteiger partial charge in [-0.1, -0.05) is 18.2 Å². The SMILES string of the molecule is CC1=CC(=NSc2ccccc2)C=C(C)C1=O. The number of allylic oxidation sites excluding steroid dienone is 4. The van der Waals surface area contributed by atoms with Crippen LogP contribution in [0.15, 0.2) is 62.9 Å². The third-order valence-corrected chi connectivity index (χ3v) is 3.23. The Morgan fingerprint density at radius 2 is 1.59 bits per heavy atom. The van der Waals surface area contributed by atoms with Crippen molar-refractivity contribution in [1.29, 1.82) is 0 Å². The third-order valence-electron chi connectivity index (χ3n) is 2.44. The van der Waals surface area contributed by atoms with Gasteiger partial charge in [0.25, 0.3) is 0 Å². The van der Waals surface area contributed by atoms with Gasteiger partial charge in [0.15, 0.2) is 5.78 Å². The van der Waals surface area contributed by atoms with Gasteiger partial charge in [0.05, 0.1) is 5.71 Å². The monoisotopic (exact) mass is 243 g/mol. The zero-order valence-electron chi connectivity index (χ0n) is 9.81. The van der Waals surface area contributed by atoms with E-state index >= 15 is 0 Å². The van der Waals surface area contributed by atoms with E-state index in [-0.39, 0.29) is 5.78 Å². The normalized spacial score (nSPS) is 15.4. The number of benzene rings is 1. The summed E-state index contributed by atoms with van der Waals surface area (Å²) in [4.78, 5) is 12.6. The van der Waals surface area contributed by atoms with E-state index in [9.17, 15) is 4.79 Å². The van der Waals surface area contributed by atoms with Crippen molar-refractivity contribution in [3.8, 4) is 0 Å². The zero-order valence-corrected chi connectivity index (χ0v) is 10.6. The molecule has 0 N–H and O–H groups in total. The molecule has 1 aliphatic rings. The molecule has 2 nitrogen and oxygen atoms in total. The lowest BCUT2D eigenvalue weighted by Gasteiger charge is -2.08. The van der Waals surface area contributed by atoms with Crippen LogP contribution >= 0.6 is 11.9 Å². The molecule has 0 aliphatic heterocycles. The molecule has 1 aliphatic carbocycles. The molecule has 0 unspecified atom stereocenters. The van der Waals surface area contributed by atoms with Gasteiger partial charge in [0.2, 0.25) is 0 Å². The minimum Gasteiger partial charge on any atom is -0.289 e. The zero-order chi connectivity index (χ0) is 12.3. The van der Waals surface area contributed by atoms with Crippen molar-refractivity contribution < 1.29 is 4.79 Å². The first kappa shape index (κ1) is 11.9. The summed E-state index contributed by atoms with van der Waals surface area (Å²) in [5, 5.41) is 0. The Labute approximate surface area is 105 Å². The Morgan fingerprint density at radius 3 is 2.18 bits per heavy atom. The number of rotatable bonds is 2. The Hall–Kier alpha value is -1.61. The minimum atomic E-state index is 0.105. The smallest absolute Gasteiger partial charge is 0.184 e. The number of nitrogens with zero attached hydrogens (tertiary/aromatic N) is 1. The number of hydrogen-bond donors (Lipinski definition) is 0. The second-order valence-electron chi connectivity index (χ2n) is 3.90. The van der Waals surface area contributed by atoms with Crippen molar-refractivity contribution >= 4 is 23.4 Å². The van der Waals surface area contributed by atoms with Gasteiger partial charge < -0.3 is 0 Å². The fourth-order valence-electron chi connectivity index (χ4n) is 1.57. The van der Waals surface area contributed by atoms with Gasteiger partial charge in [-0.2, -0.15) is 0 Å². The summed E-state index contributed by atoms with van der Waals surface area (Å²) in [6.45, 7) is 3.64. The summed E-state index contributed by atoms with van der Waals surface area (Å²) in [6, 6.07) is 9.96. The molecule has 1 aromatic rings. The van der Waals surface area contributed by atoms with Gasteiger partial charge in [0, 0.05) is 16.8 Å². The lowest BCUT2D eigenvalue weighted by atomic mass is 9.98. The van der Waals surface area contributed by atoms with Crippen molar-refractivity contribution in [3.63, 3.8) is 0 Å². The Bertz CT molecular complexity index is 502. The summed E-state index contributed by atoms with van der Waals surface area (Å²) in [6.07, 6.45) is 3.65. The molecule has 1 aromatic carbocycles. The van der Waals surface area contributed by atoms with E-state index in [4.69, 9.17) is 0 Å². The largest absolute Gasteiger partial charge is 0.289 e. The standard InChI is InChI=1S/C14H13NOS/c1-10-8-12(9-11(2)14(10)16)15-17-13-6-4-3-5-7-13/h3-9H,1-2H3. The van der Waals surface area contributed by atoms with E-state index in [0.29, 0.717) is 0 Å². The average Bonchev–Trinajstić information content (AvgIpc) is 2.34. The molecule has 0 atom stereocenters. The van der Waals surface area contributed by atoms with Gasteiger partial charge in [-0.25, -0.2) is 4.40 Å². The van der Waals surface area contributed by atoms with Crippen molar-refractivity contribution in [2.45, 2.75) is 18.7 Å². The fraction of sp³-hybridized carbons (Fsp3) is 0.143. The van der Waals surface area contributed by atoms with Crippen LogP contribution < -0.4 is 0 Å².